The molecule has 0 saturated heterocycles. The van der Waals surface area contributed by atoms with Crippen LogP contribution in [0.3, 0.4) is 0 Å². The molecule has 0 saturated carbocycles. The molecular formula is C28H23NO4. The number of carboxylic acid groups (broad SMARTS) is 1. The molecule has 1 aliphatic rings. The third-order valence-corrected chi connectivity index (χ3v) is 6.45. The molecule has 0 aromatic heterocycles. The predicted molar refractivity (Wildman–Crippen MR) is 127 cm³/mol. The normalized spacial score (nSPS) is 14.2. The molecule has 0 heterocycles. The van der Waals surface area contributed by atoms with Gasteiger partial charge in [0.25, 0.3) is 0 Å². The average molecular weight is 437 g/mol. The zero-order chi connectivity index (χ0) is 23.0. The number of nitrogens with one attached hydrogen (secondary N) is 1. The van der Waals surface area contributed by atoms with Crippen LogP contribution in [0.2, 0.25) is 0 Å². The second kappa shape index (κ2) is 8.10. The van der Waals surface area contributed by atoms with Gasteiger partial charge in [-0.25, -0.2) is 9.59 Å². The van der Waals surface area contributed by atoms with E-state index in [-0.39, 0.29) is 12.5 Å². The minimum Gasteiger partial charge on any atom is -0.479 e. The number of benzene rings is 4. The number of hydrogen-bond acceptors (Lipinski definition) is 3. The van der Waals surface area contributed by atoms with E-state index in [1.165, 1.54) is 6.92 Å². The molecule has 0 aliphatic heterocycles. The van der Waals surface area contributed by atoms with Crippen LogP contribution in [0, 0.1) is 0 Å². The number of carboxylic acids is 1. The Kier molecular flexibility index (Phi) is 5.09. The van der Waals surface area contributed by atoms with Crippen molar-refractivity contribution >= 4 is 22.8 Å². The molecule has 5 heteroatoms. The largest absolute Gasteiger partial charge is 0.479 e. The maximum atomic E-state index is 12.9. The second-order valence-electron chi connectivity index (χ2n) is 8.41. The number of hydrogen-bond donors (Lipinski definition) is 2. The Morgan fingerprint density at radius 3 is 2.09 bits per heavy atom. The van der Waals surface area contributed by atoms with Gasteiger partial charge in [-0.1, -0.05) is 91.0 Å². The van der Waals surface area contributed by atoms with Crippen molar-refractivity contribution in [3.63, 3.8) is 0 Å². The predicted octanol–water partition coefficient (Wildman–Crippen LogP) is 5.68. The number of carbonyl (C=O) groups is 2. The Balaban J connectivity index is 1.40. The summed E-state index contributed by atoms with van der Waals surface area (Å²) < 4.78 is 5.61. The maximum Gasteiger partial charge on any atom is 0.408 e. The standard InChI is InChI=1S/C28H23NO4/c1-28(26(30)31,25-16-8-10-18-9-2-3-11-19(18)25)29-27(32)33-17-24-22-14-6-4-12-20(22)21-13-5-7-15-23(21)24/h2-16,24H,17H2,1H3,(H,29,32)(H,30,31)/t28-/m1/s1. The van der Waals surface area contributed by atoms with E-state index in [0.29, 0.717) is 5.56 Å². The third-order valence-electron chi connectivity index (χ3n) is 6.45. The van der Waals surface area contributed by atoms with E-state index in [4.69, 9.17) is 4.74 Å². The Bertz CT molecular complexity index is 1330. The highest BCUT2D eigenvalue weighted by molar-refractivity contribution is 5.94. The Morgan fingerprint density at radius 1 is 0.848 bits per heavy atom. The number of carbonyl (C=O) groups excluding carboxylic acids is 1. The topological polar surface area (TPSA) is 75.6 Å². The number of rotatable bonds is 5. The highest BCUT2D eigenvalue weighted by Crippen LogP contribution is 2.44. The molecule has 2 N–H and O–H groups in total. The van der Waals surface area contributed by atoms with E-state index in [0.717, 1.165) is 33.0 Å². The van der Waals surface area contributed by atoms with Crippen LogP contribution in [0.5, 0.6) is 0 Å². The van der Waals surface area contributed by atoms with Crippen molar-refractivity contribution in [2.45, 2.75) is 18.4 Å². The summed E-state index contributed by atoms with van der Waals surface area (Å²) in [6, 6.07) is 29.1. The SMILES string of the molecule is C[C@](NC(=O)OCC1c2ccccc2-c2ccccc21)(C(=O)O)c1cccc2ccccc12. The Labute approximate surface area is 191 Å². The summed E-state index contributed by atoms with van der Waals surface area (Å²) in [7, 11) is 0. The van der Waals surface area contributed by atoms with Crippen LogP contribution in [0.25, 0.3) is 21.9 Å². The van der Waals surface area contributed by atoms with Gasteiger partial charge in [0.2, 0.25) is 0 Å². The first-order valence-electron chi connectivity index (χ1n) is 10.8. The zero-order valence-corrected chi connectivity index (χ0v) is 18.1. The molecule has 5 nitrogen and oxygen atoms in total. The lowest BCUT2D eigenvalue weighted by molar-refractivity contribution is -0.144. The first-order valence-corrected chi connectivity index (χ1v) is 10.8. The lowest BCUT2D eigenvalue weighted by Crippen LogP contribution is -2.50. The highest BCUT2D eigenvalue weighted by atomic mass is 16.5. The van der Waals surface area contributed by atoms with Gasteiger partial charge in [0.1, 0.15) is 6.61 Å². The number of alkyl carbamates (subject to hydrolysis) is 1. The third kappa shape index (κ3) is 3.52. The van der Waals surface area contributed by atoms with Gasteiger partial charge in [0.05, 0.1) is 0 Å². The lowest BCUT2D eigenvalue weighted by Gasteiger charge is -2.28. The molecule has 1 atom stereocenters. The first-order chi connectivity index (χ1) is 16.0. The minimum absolute atomic E-state index is 0.100. The van der Waals surface area contributed by atoms with Crippen molar-refractivity contribution < 1.29 is 19.4 Å². The van der Waals surface area contributed by atoms with Crippen LogP contribution < -0.4 is 5.32 Å². The van der Waals surface area contributed by atoms with Gasteiger partial charge in [0.15, 0.2) is 5.54 Å². The van der Waals surface area contributed by atoms with Crippen molar-refractivity contribution in [3.8, 4) is 11.1 Å². The van der Waals surface area contributed by atoms with Gasteiger partial charge >= 0.3 is 12.1 Å². The number of ether oxygens (including phenoxy) is 1. The number of aliphatic carboxylic acids is 1. The van der Waals surface area contributed by atoms with Crippen LogP contribution in [0.15, 0.2) is 91.0 Å². The van der Waals surface area contributed by atoms with Crippen molar-refractivity contribution in [3.05, 3.63) is 108 Å². The average Bonchev–Trinajstić information content (AvgIpc) is 3.16. The fourth-order valence-electron chi connectivity index (χ4n) is 4.74. The fraction of sp³-hybridized carbons (Fsp3) is 0.143. The highest BCUT2D eigenvalue weighted by Gasteiger charge is 2.39. The van der Waals surface area contributed by atoms with E-state index < -0.39 is 17.6 Å². The van der Waals surface area contributed by atoms with Crippen LogP contribution in [0.4, 0.5) is 4.79 Å². The van der Waals surface area contributed by atoms with Crippen molar-refractivity contribution in [1.82, 2.24) is 5.32 Å². The zero-order valence-electron chi connectivity index (χ0n) is 18.1. The molecule has 0 unspecified atom stereocenters. The van der Waals surface area contributed by atoms with Gasteiger partial charge in [-0.2, -0.15) is 0 Å². The van der Waals surface area contributed by atoms with Crippen LogP contribution in [-0.4, -0.2) is 23.8 Å². The molecular weight excluding hydrogens is 414 g/mol. The molecule has 1 amide bonds. The molecule has 4 aromatic rings. The lowest BCUT2D eigenvalue weighted by atomic mass is 9.88. The molecule has 0 fully saturated rings. The van der Waals surface area contributed by atoms with Gasteiger partial charge in [-0.3, -0.25) is 0 Å². The summed E-state index contributed by atoms with van der Waals surface area (Å²) in [6.45, 7) is 1.60. The van der Waals surface area contributed by atoms with Gasteiger partial charge in [-0.05, 0) is 45.5 Å². The van der Waals surface area contributed by atoms with E-state index in [1.807, 2.05) is 66.7 Å². The summed E-state index contributed by atoms with van der Waals surface area (Å²) in [6.07, 6.45) is -0.769. The van der Waals surface area contributed by atoms with Gasteiger partial charge < -0.3 is 15.2 Å². The van der Waals surface area contributed by atoms with Gasteiger partial charge in [0, 0.05) is 5.92 Å². The first kappa shape index (κ1) is 20.8. The Morgan fingerprint density at radius 2 is 1.42 bits per heavy atom. The smallest absolute Gasteiger partial charge is 0.408 e. The summed E-state index contributed by atoms with van der Waals surface area (Å²) in [4.78, 5) is 25.2. The molecule has 0 radical (unpaired) electrons. The number of fused-ring (bicyclic) bond motifs is 4. The second-order valence-corrected chi connectivity index (χ2v) is 8.41. The van der Waals surface area contributed by atoms with E-state index in [2.05, 4.69) is 17.4 Å². The molecule has 5 rings (SSSR count). The fourth-order valence-corrected chi connectivity index (χ4v) is 4.74. The van der Waals surface area contributed by atoms with Crippen molar-refractivity contribution in [1.29, 1.82) is 0 Å². The Hall–Kier alpha value is -4.12. The van der Waals surface area contributed by atoms with E-state index >= 15 is 0 Å². The molecule has 33 heavy (non-hydrogen) atoms. The monoisotopic (exact) mass is 437 g/mol. The summed E-state index contributed by atoms with van der Waals surface area (Å²) in [5.41, 5.74) is 3.31. The van der Waals surface area contributed by atoms with Crippen molar-refractivity contribution in [2.24, 2.45) is 0 Å². The van der Waals surface area contributed by atoms with Crippen LogP contribution >= 0.6 is 0 Å². The molecule has 0 spiro atoms. The van der Waals surface area contributed by atoms with Crippen LogP contribution in [-0.2, 0) is 15.1 Å². The molecule has 4 aromatic carbocycles. The minimum atomic E-state index is -1.65. The molecule has 164 valence electrons. The maximum absolute atomic E-state index is 12.9. The van der Waals surface area contributed by atoms with Gasteiger partial charge in [-0.15, -0.1) is 0 Å². The number of amides is 1. The summed E-state index contributed by atoms with van der Waals surface area (Å²) >= 11 is 0. The molecule has 0 bridgehead atoms. The quantitative estimate of drug-likeness (QED) is 0.421. The van der Waals surface area contributed by atoms with E-state index in [1.54, 1.807) is 12.1 Å². The van der Waals surface area contributed by atoms with Crippen molar-refractivity contribution in [2.75, 3.05) is 6.61 Å². The van der Waals surface area contributed by atoms with E-state index in [9.17, 15) is 14.7 Å². The molecule has 1 aliphatic carbocycles. The summed E-state index contributed by atoms with van der Waals surface area (Å²) in [5, 5.41) is 14.3. The van der Waals surface area contributed by atoms with Crippen LogP contribution in [0.1, 0.15) is 29.5 Å². The summed E-state index contributed by atoms with van der Waals surface area (Å²) in [5.74, 6) is -1.26.